The van der Waals surface area contributed by atoms with E-state index in [1.807, 2.05) is 23.9 Å². The maximum Gasteiger partial charge on any atom is 0.157 e. The van der Waals surface area contributed by atoms with Crippen LogP contribution in [0.5, 0.6) is 0 Å². The number of nitrogens with zero attached hydrogens (tertiary/aromatic N) is 1. The molecule has 2 rings (SSSR count). The normalized spacial score (nSPS) is 20.1. The third-order valence-electron chi connectivity index (χ3n) is 2.96. The molecule has 2 nitrogen and oxygen atoms in total. The molecule has 0 aliphatic carbocycles. The van der Waals surface area contributed by atoms with Gasteiger partial charge in [-0.3, -0.25) is 4.99 Å². The second kappa shape index (κ2) is 5.54. The Labute approximate surface area is 118 Å². The van der Waals surface area contributed by atoms with Crippen LogP contribution in [0.3, 0.4) is 0 Å². The zero-order valence-electron chi connectivity index (χ0n) is 11.0. The average molecular weight is 283 g/mol. The third kappa shape index (κ3) is 3.66. The number of nitrogens with one attached hydrogen (secondary N) is 1. The molecule has 0 fully saturated rings. The number of hydrogen-bond donors (Lipinski definition) is 1. The lowest BCUT2D eigenvalue weighted by Crippen LogP contribution is -2.32. The molecule has 0 aromatic heterocycles. The molecule has 98 valence electrons. The molecule has 1 aromatic rings. The van der Waals surface area contributed by atoms with E-state index in [1.165, 1.54) is 5.56 Å². The highest BCUT2D eigenvalue weighted by Crippen LogP contribution is 2.28. The van der Waals surface area contributed by atoms with E-state index in [2.05, 4.69) is 43.2 Å². The van der Waals surface area contributed by atoms with Crippen LogP contribution >= 0.6 is 23.4 Å². The van der Waals surface area contributed by atoms with E-state index in [-0.39, 0.29) is 6.04 Å². The number of amidine groups is 1. The second-order valence-corrected chi connectivity index (χ2v) is 6.89. The summed E-state index contributed by atoms with van der Waals surface area (Å²) in [6, 6.07) is 8.22. The fourth-order valence-electron chi connectivity index (χ4n) is 1.75. The molecule has 0 bridgehead atoms. The van der Waals surface area contributed by atoms with Gasteiger partial charge in [-0.25, -0.2) is 0 Å². The van der Waals surface area contributed by atoms with E-state index in [0.29, 0.717) is 5.41 Å². The standard InChI is InChI=1S/C14H19ClN2S/c1-10(11-4-6-12(15)7-5-11)17-13-16-8-14(2,3)9-18-13/h4-7,10H,8-9H2,1-3H3,(H,16,17). The molecule has 0 spiro atoms. The van der Waals surface area contributed by atoms with Gasteiger partial charge >= 0.3 is 0 Å². The lowest BCUT2D eigenvalue weighted by atomic mass is 9.97. The van der Waals surface area contributed by atoms with Gasteiger partial charge in [-0.2, -0.15) is 0 Å². The highest BCUT2D eigenvalue weighted by molar-refractivity contribution is 8.13. The number of benzene rings is 1. The van der Waals surface area contributed by atoms with E-state index < -0.39 is 0 Å². The third-order valence-corrected chi connectivity index (χ3v) is 4.66. The molecule has 4 heteroatoms. The van der Waals surface area contributed by atoms with Crippen molar-refractivity contribution in [2.75, 3.05) is 12.3 Å². The quantitative estimate of drug-likeness (QED) is 0.882. The van der Waals surface area contributed by atoms with Gasteiger partial charge in [-0.05, 0) is 30.0 Å². The van der Waals surface area contributed by atoms with E-state index in [4.69, 9.17) is 11.6 Å². The first-order valence-corrected chi connectivity index (χ1v) is 7.52. The molecule has 0 saturated heterocycles. The van der Waals surface area contributed by atoms with Crippen LogP contribution in [-0.2, 0) is 0 Å². The fourth-order valence-corrected chi connectivity index (χ4v) is 2.91. The number of rotatable bonds is 2. The summed E-state index contributed by atoms with van der Waals surface area (Å²) in [6.07, 6.45) is 0. The molecule has 1 N–H and O–H groups in total. The number of halogens is 1. The number of thioether (sulfide) groups is 1. The molecule has 0 amide bonds. The monoisotopic (exact) mass is 282 g/mol. The Morgan fingerprint density at radius 1 is 1.33 bits per heavy atom. The Balaban J connectivity index is 1.98. The largest absolute Gasteiger partial charge is 0.358 e. The van der Waals surface area contributed by atoms with Crippen LogP contribution in [0.15, 0.2) is 29.3 Å². The van der Waals surface area contributed by atoms with Crippen LogP contribution in [0.4, 0.5) is 0 Å². The topological polar surface area (TPSA) is 24.4 Å². The molecule has 0 radical (unpaired) electrons. The zero-order chi connectivity index (χ0) is 13.2. The minimum Gasteiger partial charge on any atom is -0.358 e. The Morgan fingerprint density at radius 2 is 2.00 bits per heavy atom. The average Bonchev–Trinajstić information content (AvgIpc) is 2.33. The van der Waals surface area contributed by atoms with Crippen LogP contribution in [0.1, 0.15) is 32.4 Å². The molecule has 1 aliphatic rings. The lowest BCUT2D eigenvalue weighted by Gasteiger charge is -2.28. The van der Waals surface area contributed by atoms with Gasteiger partial charge in [0.2, 0.25) is 0 Å². The molecule has 1 unspecified atom stereocenters. The van der Waals surface area contributed by atoms with E-state index >= 15 is 0 Å². The van der Waals surface area contributed by atoms with Crippen molar-refractivity contribution in [3.05, 3.63) is 34.9 Å². The molecule has 0 saturated carbocycles. The van der Waals surface area contributed by atoms with Gasteiger partial charge in [0.1, 0.15) is 0 Å². The van der Waals surface area contributed by atoms with Crippen molar-refractivity contribution in [2.24, 2.45) is 10.4 Å². The van der Waals surface area contributed by atoms with Crippen LogP contribution in [0.25, 0.3) is 0 Å². The Bertz CT molecular complexity index is 440. The smallest absolute Gasteiger partial charge is 0.157 e. The first-order valence-electron chi connectivity index (χ1n) is 6.15. The van der Waals surface area contributed by atoms with Gasteiger partial charge in [0.25, 0.3) is 0 Å². The summed E-state index contributed by atoms with van der Waals surface area (Å²) < 4.78 is 0. The van der Waals surface area contributed by atoms with Crippen molar-refractivity contribution >= 4 is 28.5 Å². The van der Waals surface area contributed by atoms with Crippen molar-refractivity contribution in [2.45, 2.75) is 26.8 Å². The van der Waals surface area contributed by atoms with Crippen LogP contribution in [-0.4, -0.2) is 17.5 Å². The van der Waals surface area contributed by atoms with Crippen molar-refractivity contribution in [3.8, 4) is 0 Å². The highest BCUT2D eigenvalue weighted by atomic mass is 35.5. The lowest BCUT2D eigenvalue weighted by molar-refractivity contribution is 0.436. The van der Waals surface area contributed by atoms with Crippen molar-refractivity contribution in [1.29, 1.82) is 0 Å². The summed E-state index contributed by atoms with van der Waals surface area (Å²) in [5, 5.41) is 5.29. The minimum absolute atomic E-state index is 0.259. The van der Waals surface area contributed by atoms with Crippen molar-refractivity contribution in [3.63, 3.8) is 0 Å². The second-order valence-electron chi connectivity index (χ2n) is 5.49. The van der Waals surface area contributed by atoms with Crippen molar-refractivity contribution in [1.82, 2.24) is 5.32 Å². The first-order chi connectivity index (χ1) is 8.46. The van der Waals surface area contributed by atoms with Gasteiger partial charge in [0, 0.05) is 17.3 Å². The van der Waals surface area contributed by atoms with Gasteiger partial charge in [-0.15, -0.1) is 0 Å². The zero-order valence-corrected chi connectivity index (χ0v) is 12.6. The number of hydrogen-bond acceptors (Lipinski definition) is 3. The van der Waals surface area contributed by atoms with Gasteiger partial charge in [0.05, 0.1) is 6.04 Å². The summed E-state index contributed by atoms with van der Waals surface area (Å²) in [5.74, 6) is 1.12. The van der Waals surface area contributed by atoms with Gasteiger partial charge in [-0.1, -0.05) is 49.3 Å². The molecule has 1 atom stereocenters. The predicted octanol–water partition coefficient (Wildman–Crippen LogP) is 4.12. The van der Waals surface area contributed by atoms with Crippen LogP contribution in [0, 0.1) is 5.41 Å². The Hall–Kier alpha value is -0.670. The fraction of sp³-hybridized carbons (Fsp3) is 0.500. The molecule has 18 heavy (non-hydrogen) atoms. The molecular formula is C14H19ClN2S. The van der Waals surface area contributed by atoms with E-state index in [0.717, 1.165) is 22.5 Å². The minimum atomic E-state index is 0.259. The van der Waals surface area contributed by atoms with Crippen LogP contribution in [0.2, 0.25) is 5.02 Å². The Kier molecular flexibility index (Phi) is 4.23. The molecule has 1 heterocycles. The molecular weight excluding hydrogens is 264 g/mol. The molecule has 1 aromatic carbocycles. The first kappa shape index (κ1) is 13.8. The maximum absolute atomic E-state index is 5.89. The predicted molar refractivity (Wildman–Crippen MR) is 81.5 cm³/mol. The van der Waals surface area contributed by atoms with Crippen LogP contribution < -0.4 is 5.32 Å². The SMILES string of the molecule is CC(NC1=NCC(C)(C)CS1)c1ccc(Cl)cc1. The highest BCUT2D eigenvalue weighted by Gasteiger charge is 2.23. The summed E-state index contributed by atoms with van der Waals surface area (Å²) in [4.78, 5) is 4.61. The summed E-state index contributed by atoms with van der Waals surface area (Å²) >= 11 is 7.70. The van der Waals surface area contributed by atoms with Gasteiger partial charge in [0.15, 0.2) is 5.17 Å². The van der Waals surface area contributed by atoms with E-state index in [9.17, 15) is 0 Å². The van der Waals surface area contributed by atoms with Crippen molar-refractivity contribution < 1.29 is 0 Å². The van der Waals surface area contributed by atoms with Gasteiger partial charge < -0.3 is 5.32 Å². The summed E-state index contributed by atoms with van der Waals surface area (Å²) in [7, 11) is 0. The number of aliphatic imine (C=N–C) groups is 1. The Morgan fingerprint density at radius 3 is 2.56 bits per heavy atom. The maximum atomic E-state index is 5.89. The summed E-state index contributed by atoms with van der Waals surface area (Å²) in [5.41, 5.74) is 1.55. The molecule has 1 aliphatic heterocycles. The van der Waals surface area contributed by atoms with E-state index in [1.54, 1.807) is 0 Å². The summed E-state index contributed by atoms with van der Waals surface area (Å²) in [6.45, 7) is 7.55.